The number of carbonyl (C=O) groups is 2. The topological polar surface area (TPSA) is 76.1 Å². The molecule has 3 aromatic rings. The van der Waals surface area contributed by atoms with Gasteiger partial charge in [0.15, 0.2) is 0 Å². The molecule has 1 aliphatic heterocycles. The molecule has 210 valence electrons. The lowest BCUT2D eigenvalue weighted by atomic mass is 9.85. The minimum atomic E-state index is -0.755. The van der Waals surface area contributed by atoms with Crippen molar-refractivity contribution in [2.75, 3.05) is 13.7 Å². The first kappa shape index (κ1) is 28.9. The number of ether oxygens (including phenoxy) is 2. The predicted octanol–water partition coefficient (Wildman–Crippen LogP) is 7.14. The Hall–Kier alpha value is -4.06. The summed E-state index contributed by atoms with van der Waals surface area (Å²) in [5.41, 5.74) is 4.12. The Morgan fingerprint density at radius 2 is 1.70 bits per heavy atom. The van der Waals surface area contributed by atoms with Gasteiger partial charge >= 0.3 is 0 Å². The molecule has 0 spiro atoms. The molecular formula is C34H39NO5. The summed E-state index contributed by atoms with van der Waals surface area (Å²) in [4.78, 5) is 28.6. The Bertz CT molecular complexity index is 1430. The first-order chi connectivity index (χ1) is 19.0. The van der Waals surface area contributed by atoms with E-state index in [-0.39, 0.29) is 29.2 Å². The quantitative estimate of drug-likeness (QED) is 0.186. The summed E-state index contributed by atoms with van der Waals surface area (Å²) in [7, 11) is 1.59. The highest BCUT2D eigenvalue weighted by atomic mass is 16.5. The summed E-state index contributed by atoms with van der Waals surface area (Å²) < 4.78 is 11.2. The van der Waals surface area contributed by atoms with E-state index >= 15 is 0 Å². The lowest BCUT2D eigenvalue weighted by molar-refractivity contribution is -0.140. The SMILES string of the molecule is CCOc1ccc(/C(O)=C2/C(=O)C(=O)N(Cc3cccc(OC)c3)C2c2ccc(C(C)(C)C)cc2)cc1C(C)C. The fourth-order valence-corrected chi connectivity index (χ4v) is 5.11. The Morgan fingerprint density at radius 1 is 1.00 bits per heavy atom. The molecule has 0 saturated carbocycles. The van der Waals surface area contributed by atoms with Crippen LogP contribution in [-0.4, -0.2) is 35.4 Å². The molecule has 6 nitrogen and oxygen atoms in total. The van der Waals surface area contributed by atoms with Crippen LogP contribution < -0.4 is 9.47 Å². The third-order valence-electron chi connectivity index (χ3n) is 7.32. The maximum atomic E-state index is 13.6. The van der Waals surface area contributed by atoms with E-state index in [9.17, 15) is 14.7 Å². The van der Waals surface area contributed by atoms with E-state index in [0.717, 1.165) is 28.0 Å². The van der Waals surface area contributed by atoms with E-state index in [1.165, 1.54) is 4.90 Å². The zero-order valence-corrected chi connectivity index (χ0v) is 24.4. The van der Waals surface area contributed by atoms with Gasteiger partial charge in [-0.2, -0.15) is 0 Å². The van der Waals surface area contributed by atoms with Crippen molar-refractivity contribution >= 4 is 17.4 Å². The molecule has 0 radical (unpaired) electrons. The number of hydrogen-bond donors (Lipinski definition) is 1. The molecule has 0 bridgehead atoms. The number of hydrogen-bond acceptors (Lipinski definition) is 5. The van der Waals surface area contributed by atoms with Crippen LogP contribution in [0.1, 0.15) is 81.3 Å². The van der Waals surface area contributed by atoms with Crippen molar-refractivity contribution in [3.05, 3.63) is 100 Å². The van der Waals surface area contributed by atoms with Crippen LogP contribution in [-0.2, 0) is 21.5 Å². The summed E-state index contributed by atoms with van der Waals surface area (Å²) in [6.07, 6.45) is 0. The minimum Gasteiger partial charge on any atom is -0.507 e. The van der Waals surface area contributed by atoms with E-state index in [4.69, 9.17) is 9.47 Å². The van der Waals surface area contributed by atoms with E-state index in [0.29, 0.717) is 17.9 Å². The monoisotopic (exact) mass is 541 g/mol. The molecule has 1 fully saturated rings. The average molecular weight is 542 g/mol. The third kappa shape index (κ3) is 5.76. The Labute approximate surface area is 237 Å². The molecule has 0 aromatic heterocycles. The zero-order chi connectivity index (χ0) is 29.2. The van der Waals surface area contributed by atoms with Gasteiger partial charge in [-0.25, -0.2) is 0 Å². The van der Waals surface area contributed by atoms with Crippen molar-refractivity contribution in [3.63, 3.8) is 0 Å². The Kier molecular flexibility index (Phi) is 8.38. The number of methoxy groups -OCH3 is 1. The fraction of sp³-hybridized carbons (Fsp3) is 0.353. The van der Waals surface area contributed by atoms with Crippen molar-refractivity contribution in [3.8, 4) is 11.5 Å². The lowest BCUT2D eigenvalue weighted by Gasteiger charge is -2.27. The number of rotatable bonds is 8. The first-order valence-electron chi connectivity index (χ1n) is 13.7. The second kappa shape index (κ2) is 11.6. The van der Waals surface area contributed by atoms with Crippen molar-refractivity contribution < 1.29 is 24.2 Å². The molecule has 1 heterocycles. The number of Topliss-reactive ketones (excluding diaryl/α,β-unsaturated/α-hetero) is 1. The van der Waals surface area contributed by atoms with Gasteiger partial charge in [0.1, 0.15) is 17.3 Å². The highest BCUT2D eigenvalue weighted by Crippen LogP contribution is 2.42. The summed E-state index contributed by atoms with van der Waals surface area (Å²) in [6, 6.07) is 20.0. The lowest BCUT2D eigenvalue weighted by Crippen LogP contribution is -2.29. The van der Waals surface area contributed by atoms with Crippen LogP contribution in [0, 0.1) is 0 Å². The third-order valence-corrected chi connectivity index (χ3v) is 7.32. The van der Waals surface area contributed by atoms with Crippen LogP contribution in [0.2, 0.25) is 0 Å². The molecule has 1 atom stereocenters. The van der Waals surface area contributed by atoms with Crippen LogP contribution in [0.5, 0.6) is 11.5 Å². The molecule has 1 aliphatic rings. The fourth-order valence-electron chi connectivity index (χ4n) is 5.11. The maximum Gasteiger partial charge on any atom is 0.295 e. The molecule has 6 heteroatoms. The number of amides is 1. The van der Waals surface area contributed by atoms with Crippen molar-refractivity contribution in [2.24, 2.45) is 0 Å². The van der Waals surface area contributed by atoms with Crippen LogP contribution >= 0.6 is 0 Å². The number of aliphatic hydroxyl groups is 1. The second-order valence-electron chi connectivity index (χ2n) is 11.5. The minimum absolute atomic E-state index is 0.0590. The first-order valence-corrected chi connectivity index (χ1v) is 13.7. The van der Waals surface area contributed by atoms with Crippen LogP contribution in [0.25, 0.3) is 5.76 Å². The smallest absolute Gasteiger partial charge is 0.295 e. The van der Waals surface area contributed by atoms with Gasteiger partial charge in [-0.15, -0.1) is 0 Å². The zero-order valence-electron chi connectivity index (χ0n) is 24.4. The molecule has 0 aliphatic carbocycles. The van der Waals surface area contributed by atoms with Gasteiger partial charge in [0.05, 0.1) is 25.3 Å². The van der Waals surface area contributed by atoms with Gasteiger partial charge < -0.3 is 19.5 Å². The number of likely N-dealkylation sites (tertiary alicyclic amines) is 1. The molecule has 1 saturated heterocycles. The average Bonchev–Trinajstić information content (AvgIpc) is 3.17. The Morgan fingerprint density at radius 3 is 2.30 bits per heavy atom. The molecule has 3 aromatic carbocycles. The summed E-state index contributed by atoms with van der Waals surface area (Å²) in [5.74, 6) is -0.0148. The van der Waals surface area contributed by atoms with Crippen LogP contribution in [0.15, 0.2) is 72.3 Å². The highest BCUT2D eigenvalue weighted by Gasteiger charge is 2.46. The normalized spacial score (nSPS) is 17.0. The Balaban J connectivity index is 1.87. The van der Waals surface area contributed by atoms with Gasteiger partial charge in [0.2, 0.25) is 0 Å². The predicted molar refractivity (Wildman–Crippen MR) is 158 cm³/mol. The maximum absolute atomic E-state index is 13.6. The number of nitrogens with zero attached hydrogens (tertiary/aromatic N) is 1. The standard InChI is InChI=1S/C34H39NO5/c1-8-40-28-17-14-24(19-27(28)21(2)3)31(36)29-30(23-12-15-25(16-13-23)34(4,5)6)35(33(38)32(29)37)20-22-10-9-11-26(18-22)39-7/h9-19,21,30,36H,8,20H2,1-7H3/b31-29-. The summed E-state index contributed by atoms with van der Waals surface area (Å²) in [5, 5.41) is 11.6. The van der Waals surface area contributed by atoms with Crippen molar-refractivity contribution in [1.82, 2.24) is 4.90 Å². The van der Waals surface area contributed by atoms with Gasteiger partial charge in [0.25, 0.3) is 11.7 Å². The number of ketones is 1. The number of aliphatic hydroxyl groups excluding tert-OH is 1. The molecular weight excluding hydrogens is 502 g/mol. The van der Waals surface area contributed by atoms with Gasteiger partial charge in [-0.1, -0.05) is 71.0 Å². The number of carbonyl (C=O) groups excluding carboxylic acids is 2. The van der Waals surface area contributed by atoms with E-state index in [1.54, 1.807) is 13.2 Å². The van der Waals surface area contributed by atoms with Gasteiger partial charge in [-0.3, -0.25) is 9.59 Å². The van der Waals surface area contributed by atoms with Crippen molar-refractivity contribution in [2.45, 2.75) is 65.5 Å². The van der Waals surface area contributed by atoms with E-state index in [2.05, 4.69) is 20.8 Å². The molecule has 1 amide bonds. The van der Waals surface area contributed by atoms with Crippen LogP contribution in [0.3, 0.4) is 0 Å². The molecule has 4 rings (SSSR count). The van der Waals surface area contributed by atoms with Crippen molar-refractivity contribution in [1.29, 1.82) is 0 Å². The molecule has 1 N–H and O–H groups in total. The van der Waals surface area contributed by atoms with E-state index < -0.39 is 17.7 Å². The second-order valence-corrected chi connectivity index (χ2v) is 11.5. The summed E-state index contributed by atoms with van der Waals surface area (Å²) in [6.45, 7) is 13.1. The largest absolute Gasteiger partial charge is 0.507 e. The molecule has 40 heavy (non-hydrogen) atoms. The number of benzene rings is 3. The summed E-state index contributed by atoms with van der Waals surface area (Å²) >= 11 is 0. The van der Waals surface area contributed by atoms with Crippen LogP contribution in [0.4, 0.5) is 0 Å². The highest BCUT2D eigenvalue weighted by molar-refractivity contribution is 6.46. The van der Waals surface area contributed by atoms with Gasteiger partial charge in [0, 0.05) is 12.1 Å². The van der Waals surface area contributed by atoms with E-state index in [1.807, 2.05) is 81.4 Å². The van der Waals surface area contributed by atoms with Gasteiger partial charge in [-0.05, 0) is 70.8 Å². The molecule has 1 unspecified atom stereocenters.